The van der Waals surface area contributed by atoms with Crippen LogP contribution in [-0.2, 0) is 11.3 Å². The number of rotatable bonds is 8. The third kappa shape index (κ3) is 6.78. The Morgan fingerprint density at radius 1 is 1.09 bits per heavy atom. The maximum absolute atomic E-state index is 12.4. The zero-order valence-electron chi connectivity index (χ0n) is 21.2. The van der Waals surface area contributed by atoms with E-state index in [9.17, 15) is 4.79 Å². The fourth-order valence-electron chi connectivity index (χ4n) is 4.53. The summed E-state index contributed by atoms with van der Waals surface area (Å²) in [6, 6.07) is 6.35. The molecule has 2 aromatic heterocycles. The Kier molecular flexibility index (Phi) is 8.00. The summed E-state index contributed by atoms with van der Waals surface area (Å²) in [6.07, 6.45) is 11.9. The molecule has 0 aliphatic carbocycles. The number of piperidine rings is 1. The number of fused-ring (bicyclic) bond motifs is 1. The lowest BCUT2D eigenvalue weighted by molar-refractivity contribution is 0.0205. The van der Waals surface area contributed by atoms with E-state index in [2.05, 4.69) is 28.4 Å². The number of aromatic nitrogens is 4. The van der Waals surface area contributed by atoms with E-state index in [1.165, 1.54) is 18.4 Å². The molecule has 0 unspecified atom stereocenters. The monoisotopic (exact) mass is 478 g/mol. The van der Waals surface area contributed by atoms with Crippen molar-refractivity contribution >= 4 is 17.1 Å². The van der Waals surface area contributed by atoms with E-state index >= 15 is 0 Å². The van der Waals surface area contributed by atoms with E-state index in [0.717, 1.165) is 61.1 Å². The van der Waals surface area contributed by atoms with Crippen LogP contribution >= 0.6 is 0 Å². The van der Waals surface area contributed by atoms with Crippen LogP contribution in [0.25, 0.3) is 22.3 Å². The van der Waals surface area contributed by atoms with Gasteiger partial charge in [-0.05, 0) is 76.6 Å². The van der Waals surface area contributed by atoms with Crippen molar-refractivity contribution in [1.29, 1.82) is 0 Å². The minimum atomic E-state index is -0.469. The minimum absolute atomic E-state index is 0.221. The summed E-state index contributed by atoms with van der Waals surface area (Å²) in [4.78, 5) is 23.7. The zero-order valence-corrected chi connectivity index (χ0v) is 21.2. The smallest absolute Gasteiger partial charge is 0.410 e. The maximum atomic E-state index is 12.4. The molecule has 8 heteroatoms. The quantitative estimate of drug-likeness (QED) is 0.451. The summed E-state index contributed by atoms with van der Waals surface area (Å²) in [5.74, 6) is 0.394. The summed E-state index contributed by atoms with van der Waals surface area (Å²) in [5.41, 5.74) is 9.95. The second-order valence-electron chi connectivity index (χ2n) is 10.4. The van der Waals surface area contributed by atoms with Crippen LogP contribution in [0.2, 0.25) is 0 Å². The maximum Gasteiger partial charge on any atom is 0.410 e. The zero-order chi connectivity index (χ0) is 24.8. The van der Waals surface area contributed by atoms with Gasteiger partial charge in [0.15, 0.2) is 0 Å². The fraction of sp³-hybridized carbons (Fsp3) is 0.556. The second kappa shape index (κ2) is 11.2. The van der Waals surface area contributed by atoms with Crippen molar-refractivity contribution in [3.8, 4) is 11.3 Å². The van der Waals surface area contributed by atoms with Crippen molar-refractivity contribution < 1.29 is 9.53 Å². The number of amides is 1. The Hall–Kier alpha value is -3.00. The van der Waals surface area contributed by atoms with Gasteiger partial charge in [-0.2, -0.15) is 5.10 Å². The third-order valence-corrected chi connectivity index (χ3v) is 6.45. The molecule has 188 valence electrons. The lowest BCUT2D eigenvalue weighted by Crippen LogP contribution is -2.41. The number of carbonyl (C=O) groups is 1. The second-order valence-corrected chi connectivity index (χ2v) is 10.4. The van der Waals surface area contributed by atoms with E-state index in [1.54, 1.807) is 0 Å². The minimum Gasteiger partial charge on any atom is -0.444 e. The van der Waals surface area contributed by atoms with E-state index < -0.39 is 5.60 Å². The number of nitrogens with zero attached hydrogens (tertiary/aromatic N) is 5. The Labute approximate surface area is 207 Å². The predicted octanol–water partition coefficient (Wildman–Crippen LogP) is 5.13. The number of aryl methyl sites for hydroxylation is 1. The molecule has 0 saturated carbocycles. The number of benzene rings is 1. The molecule has 2 N–H and O–H groups in total. The predicted molar refractivity (Wildman–Crippen MR) is 138 cm³/mol. The van der Waals surface area contributed by atoms with Gasteiger partial charge in [0.25, 0.3) is 0 Å². The van der Waals surface area contributed by atoms with Crippen molar-refractivity contribution in [3.63, 3.8) is 0 Å². The molecule has 35 heavy (non-hydrogen) atoms. The fourth-order valence-corrected chi connectivity index (χ4v) is 4.53. The number of nitrogens with two attached hydrogens (primary N) is 1. The van der Waals surface area contributed by atoms with Crippen molar-refractivity contribution in [1.82, 2.24) is 24.6 Å². The normalized spacial score (nSPS) is 15.0. The van der Waals surface area contributed by atoms with Crippen molar-refractivity contribution in [3.05, 3.63) is 42.4 Å². The van der Waals surface area contributed by atoms with Gasteiger partial charge in [0.05, 0.1) is 29.1 Å². The Morgan fingerprint density at radius 2 is 1.86 bits per heavy atom. The van der Waals surface area contributed by atoms with Crippen LogP contribution < -0.4 is 5.73 Å². The average Bonchev–Trinajstić information content (AvgIpc) is 3.31. The van der Waals surface area contributed by atoms with E-state index in [-0.39, 0.29) is 6.09 Å². The first-order valence-corrected chi connectivity index (χ1v) is 12.8. The third-order valence-electron chi connectivity index (χ3n) is 6.45. The topological polar surface area (TPSA) is 99.2 Å². The van der Waals surface area contributed by atoms with E-state index in [4.69, 9.17) is 15.5 Å². The van der Waals surface area contributed by atoms with Gasteiger partial charge >= 0.3 is 6.09 Å². The summed E-state index contributed by atoms with van der Waals surface area (Å²) in [6.45, 7) is 8.77. The summed E-state index contributed by atoms with van der Waals surface area (Å²) >= 11 is 0. The summed E-state index contributed by atoms with van der Waals surface area (Å²) in [5, 5.41) is 4.51. The first-order chi connectivity index (χ1) is 16.8. The largest absolute Gasteiger partial charge is 0.444 e. The van der Waals surface area contributed by atoms with E-state index in [0.29, 0.717) is 19.0 Å². The van der Waals surface area contributed by atoms with E-state index in [1.807, 2.05) is 48.8 Å². The summed E-state index contributed by atoms with van der Waals surface area (Å²) in [7, 11) is 0. The Morgan fingerprint density at radius 3 is 2.60 bits per heavy atom. The van der Waals surface area contributed by atoms with Crippen molar-refractivity contribution in [2.45, 2.75) is 77.4 Å². The highest BCUT2D eigenvalue weighted by Crippen LogP contribution is 2.30. The average molecular weight is 479 g/mol. The highest BCUT2D eigenvalue weighted by atomic mass is 16.6. The lowest BCUT2D eigenvalue weighted by atomic mass is 9.89. The number of unbranched alkanes of at least 4 members (excludes halogenated alkanes) is 3. The van der Waals surface area contributed by atoms with Crippen molar-refractivity contribution in [2.24, 2.45) is 5.73 Å². The first-order valence-electron chi connectivity index (χ1n) is 12.8. The number of hydrogen-bond donors (Lipinski definition) is 1. The van der Waals surface area contributed by atoms with Gasteiger partial charge in [-0.1, -0.05) is 18.9 Å². The molecule has 1 amide bonds. The van der Waals surface area contributed by atoms with Crippen molar-refractivity contribution in [2.75, 3.05) is 19.6 Å². The van der Waals surface area contributed by atoms with Crippen LogP contribution in [0.15, 0.2) is 36.8 Å². The molecular formula is C27H38N6O2. The molecule has 1 fully saturated rings. The molecular weight excluding hydrogens is 440 g/mol. The molecule has 4 rings (SSSR count). The highest BCUT2D eigenvalue weighted by molar-refractivity contribution is 5.77. The number of carbonyl (C=O) groups excluding carboxylic acids is 1. The molecule has 0 atom stereocenters. The molecule has 1 aliphatic heterocycles. The number of likely N-dealkylation sites (tertiary alicyclic amines) is 1. The molecule has 0 spiro atoms. The molecule has 0 radical (unpaired) electrons. The van der Waals surface area contributed by atoms with Gasteiger partial charge in [0.1, 0.15) is 5.60 Å². The van der Waals surface area contributed by atoms with Gasteiger partial charge < -0.3 is 15.4 Å². The highest BCUT2D eigenvalue weighted by Gasteiger charge is 2.27. The molecule has 1 aliphatic rings. The van der Waals surface area contributed by atoms with Gasteiger partial charge in [-0.25, -0.2) is 9.78 Å². The molecule has 3 aromatic rings. The molecule has 3 heterocycles. The SMILES string of the molecule is CC(C)(C)OC(=O)N1CCC(c2ccc3ncc(-c4cnn(CCCCCCN)c4)nc3c2)CC1. The lowest BCUT2D eigenvalue weighted by Gasteiger charge is -2.33. The standard InChI is InChI=1S/C27H38N6O2/c1-27(2,3)35-26(34)32-14-10-20(11-15-32)21-8-9-23-24(16-21)31-25(18-29-23)22-17-30-33(19-22)13-7-5-4-6-12-28/h8-9,16-20H,4-7,10-15,28H2,1-3H3. The van der Waals surface area contributed by atoms with Gasteiger partial charge in [-0.3, -0.25) is 9.67 Å². The van der Waals surface area contributed by atoms with Gasteiger partial charge in [0, 0.05) is 31.4 Å². The first kappa shape index (κ1) is 25.1. The van der Waals surface area contributed by atoms with Gasteiger partial charge in [-0.15, -0.1) is 0 Å². The molecule has 8 nitrogen and oxygen atoms in total. The van der Waals surface area contributed by atoms with Crippen LogP contribution in [0.5, 0.6) is 0 Å². The van der Waals surface area contributed by atoms with Crippen LogP contribution in [0.3, 0.4) is 0 Å². The Bertz CT molecular complexity index is 1130. The van der Waals surface area contributed by atoms with Crippen LogP contribution in [0.1, 0.15) is 70.8 Å². The molecule has 0 bridgehead atoms. The number of ether oxygens (including phenoxy) is 1. The number of hydrogen-bond acceptors (Lipinski definition) is 6. The molecule has 1 aromatic carbocycles. The summed E-state index contributed by atoms with van der Waals surface area (Å²) < 4.78 is 7.51. The van der Waals surface area contributed by atoms with Gasteiger partial charge in [0.2, 0.25) is 0 Å². The van der Waals surface area contributed by atoms with Crippen LogP contribution in [0.4, 0.5) is 4.79 Å². The molecule has 1 saturated heterocycles. The van der Waals surface area contributed by atoms with Crippen LogP contribution in [0, 0.1) is 0 Å². The van der Waals surface area contributed by atoms with Crippen LogP contribution in [-0.4, -0.2) is 56.0 Å². The Balaban J connectivity index is 1.40.